The number of hydrogen-bond donors (Lipinski definition) is 0. The van der Waals surface area contributed by atoms with E-state index in [0.29, 0.717) is 5.56 Å². The standard InChI is InChI=1S/C21H24N2O5S/c1-14-9-10-17(29(26,27)22(3)4)12-18(14)21(25)28-13-20(24)23-15(2)11-16-7-5-6-8-19(16)23/h5-10,12,15H,11,13H2,1-4H3/t15-/m1/s1. The van der Waals surface area contributed by atoms with E-state index in [2.05, 4.69) is 0 Å². The lowest BCUT2D eigenvalue weighted by molar-refractivity contribution is -0.122. The van der Waals surface area contributed by atoms with Crippen LogP contribution in [0.5, 0.6) is 0 Å². The summed E-state index contributed by atoms with van der Waals surface area (Å²) in [4.78, 5) is 26.9. The molecule has 0 N–H and O–H groups in total. The third kappa shape index (κ3) is 4.04. The van der Waals surface area contributed by atoms with Crippen molar-refractivity contribution < 1.29 is 22.7 Å². The number of amides is 1. The van der Waals surface area contributed by atoms with Gasteiger partial charge in [-0.05, 0) is 49.6 Å². The number of sulfonamides is 1. The number of benzene rings is 2. The first-order chi connectivity index (χ1) is 13.6. The number of esters is 1. The van der Waals surface area contributed by atoms with E-state index in [1.165, 1.54) is 26.2 Å². The van der Waals surface area contributed by atoms with Crippen LogP contribution in [0.1, 0.15) is 28.4 Å². The van der Waals surface area contributed by atoms with Crippen LogP contribution in [-0.4, -0.2) is 51.3 Å². The summed E-state index contributed by atoms with van der Waals surface area (Å²) in [6, 6.07) is 11.9. The SMILES string of the molecule is Cc1ccc(S(=O)(=O)N(C)C)cc1C(=O)OCC(=O)N1c2ccccc2C[C@H]1C. The van der Waals surface area contributed by atoms with Gasteiger partial charge in [0.05, 0.1) is 10.5 Å². The second-order valence-electron chi connectivity index (χ2n) is 7.29. The Bertz CT molecular complexity index is 1060. The molecule has 1 aliphatic heterocycles. The lowest BCUT2D eigenvalue weighted by Crippen LogP contribution is -2.38. The minimum Gasteiger partial charge on any atom is -0.452 e. The molecule has 0 fully saturated rings. The van der Waals surface area contributed by atoms with E-state index in [4.69, 9.17) is 4.74 Å². The van der Waals surface area contributed by atoms with Crippen LogP contribution in [0.25, 0.3) is 0 Å². The first-order valence-electron chi connectivity index (χ1n) is 9.23. The van der Waals surface area contributed by atoms with Crippen LogP contribution < -0.4 is 4.90 Å². The highest BCUT2D eigenvalue weighted by Gasteiger charge is 2.31. The van der Waals surface area contributed by atoms with Gasteiger partial charge in [-0.15, -0.1) is 0 Å². The molecular weight excluding hydrogens is 392 g/mol. The molecule has 29 heavy (non-hydrogen) atoms. The second kappa shape index (κ2) is 7.96. The maximum absolute atomic E-state index is 12.7. The third-order valence-electron chi connectivity index (χ3n) is 5.01. The van der Waals surface area contributed by atoms with Crippen molar-refractivity contribution in [2.75, 3.05) is 25.6 Å². The Morgan fingerprint density at radius 3 is 2.55 bits per heavy atom. The average Bonchev–Trinajstić information content (AvgIpc) is 3.01. The number of carbonyl (C=O) groups is 2. The first kappa shape index (κ1) is 21.0. The first-order valence-corrected chi connectivity index (χ1v) is 10.7. The Hall–Kier alpha value is -2.71. The maximum atomic E-state index is 12.7. The highest BCUT2D eigenvalue weighted by atomic mass is 32.2. The van der Waals surface area contributed by atoms with Crippen LogP contribution in [0.2, 0.25) is 0 Å². The van der Waals surface area contributed by atoms with Crippen molar-refractivity contribution in [2.45, 2.75) is 31.2 Å². The van der Waals surface area contributed by atoms with Crippen LogP contribution in [-0.2, 0) is 26.0 Å². The van der Waals surface area contributed by atoms with Crippen LogP contribution in [0.15, 0.2) is 47.4 Å². The van der Waals surface area contributed by atoms with Crippen LogP contribution in [0.4, 0.5) is 5.69 Å². The van der Waals surface area contributed by atoms with Crippen LogP contribution in [0.3, 0.4) is 0 Å². The van der Waals surface area contributed by atoms with Gasteiger partial charge in [-0.3, -0.25) is 4.79 Å². The summed E-state index contributed by atoms with van der Waals surface area (Å²) in [6.07, 6.45) is 0.749. The number of para-hydroxylation sites is 1. The molecule has 0 unspecified atom stereocenters. The summed E-state index contributed by atoms with van der Waals surface area (Å²) in [5.41, 5.74) is 2.60. The van der Waals surface area contributed by atoms with Crippen molar-refractivity contribution in [1.82, 2.24) is 4.31 Å². The minimum absolute atomic E-state index is 0.00605. The molecule has 2 aromatic rings. The third-order valence-corrected chi connectivity index (χ3v) is 6.82. The van der Waals surface area contributed by atoms with E-state index in [0.717, 1.165) is 22.0 Å². The second-order valence-corrected chi connectivity index (χ2v) is 9.44. The highest BCUT2D eigenvalue weighted by molar-refractivity contribution is 7.89. The fourth-order valence-corrected chi connectivity index (χ4v) is 4.34. The van der Waals surface area contributed by atoms with Gasteiger partial charge in [0.15, 0.2) is 6.61 Å². The number of rotatable bonds is 5. The Balaban J connectivity index is 1.76. The van der Waals surface area contributed by atoms with E-state index in [9.17, 15) is 18.0 Å². The number of hydrogen-bond acceptors (Lipinski definition) is 5. The van der Waals surface area contributed by atoms with Gasteiger partial charge in [-0.25, -0.2) is 17.5 Å². The predicted octanol–water partition coefficient (Wildman–Crippen LogP) is 2.38. The topological polar surface area (TPSA) is 84.0 Å². The van der Waals surface area contributed by atoms with Gasteiger partial charge in [0.2, 0.25) is 10.0 Å². The minimum atomic E-state index is -3.68. The maximum Gasteiger partial charge on any atom is 0.338 e. The molecule has 1 amide bonds. The molecule has 8 heteroatoms. The Labute approximate surface area is 170 Å². The molecule has 1 atom stereocenters. The number of nitrogens with zero attached hydrogens (tertiary/aromatic N) is 2. The molecular formula is C21H24N2O5S. The predicted molar refractivity (Wildman–Crippen MR) is 109 cm³/mol. The van der Waals surface area contributed by atoms with Crippen molar-refractivity contribution in [1.29, 1.82) is 0 Å². The van der Waals surface area contributed by atoms with Crippen molar-refractivity contribution in [3.63, 3.8) is 0 Å². The molecule has 1 aliphatic rings. The molecule has 0 radical (unpaired) electrons. The summed E-state index contributed by atoms with van der Waals surface area (Å²) in [7, 11) is -0.849. The van der Waals surface area contributed by atoms with Crippen LogP contribution in [0, 0.1) is 6.92 Å². The van der Waals surface area contributed by atoms with E-state index >= 15 is 0 Å². The number of aryl methyl sites for hydroxylation is 1. The summed E-state index contributed by atoms with van der Waals surface area (Å²) >= 11 is 0. The van der Waals surface area contributed by atoms with Crippen molar-refractivity contribution in [3.05, 3.63) is 59.2 Å². The molecule has 0 aromatic heterocycles. The molecule has 0 saturated heterocycles. The van der Waals surface area contributed by atoms with Gasteiger partial charge in [0.25, 0.3) is 5.91 Å². The molecule has 3 rings (SSSR count). The molecule has 1 heterocycles. The molecule has 0 saturated carbocycles. The quantitative estimate of drug-likeness (QED) is 0.699. The average molecular weight is 416 g/mol. The number of ether oxygens (including phenoxy) is 1. The summed E-state index contributed by atoms with van der Waals surface area (Å²) in [5, 5.41) is 0. The van der Waals surface area contributed by atoms with Crippen LogP contribution >= 0.6 is 0 Å². The molecule has 0 bridgehead atoms. The van der Waals surface area contributed by atoms with E-state index in [1.807, 2.05) is 31.2 Å². The highest BCUT2D eigenvalue weighted by Crippen LogP contribution is 2.31. The molecule has 0 aliphatic carbocycles. The normalized spacial score (nSPS) is 16.0. The van der Waals surface area contributed by atoms with E-state index in [1.54, 1.807) is 17.9 Å². The number of anilines is 1. The zero-order chi connectivity index (χ0) is 21.3. The fraction of sp³-hybridized carbons (Fsp3) is 0.333. The number of carbonyl (C=O) groups excluding carboxylic acids is 2. The van der Waals surface area contributed by atoms with Gasteiger partial charge in [0, 0.05) is 25.8 Å². The Morgan fingerprint density at radius 2 is 1.86 bits per heavy atom. The van der Waals surface area contributed by atoms with Crippen molar-refractivity contribution in [2.24, 2.45) is 0 Å². The van der Waals surface area contributed by atoms with Crippen molar-refractivity contribution >= 4 is 27.6 Å². The lowest BCUT2D eigenvalue weighted by Gasteiger charge is -2.22. The van der Waals surface area contributed by atoms with Gasteiger partial charge in [-0.1, -0.05) is 24.3 Å². The smallest absolute Gasteiger partial charge is 0.338 e. The molecule has 0 spiro atoms. The van der Waals surface area contributed by atoms with Gasteiger partial charge < -0.3 is 9.64 Å². The van der Waals surface area contributed by atoms with E-state index in [-0.39, 0.29) is 22.4 Å². The summed E-state index contributed by atoms with van der Waals surface area (Å²) in [5.74, 6) is -1.04. The number of fused-ring (bicyclic) bond motifs is 1. The monoisotopic (exact) mass is 416 g/mol. The molecule has 2 aromatic carbocycles. The van der Waals surface area contributed by atoms with Crippen molar-refractivity contribution in [3.8, 4) is 0 Å². The Kier molecular flexibility index (Phi) is 5.77. The zero-order valence-electron chi connectivity index (χ0n) is 16.9. The zero-order valence-corrected chi connectivity index (χ0v) is 17.7. The van der Waals surface area contributed by atoms with E-state index < -0.39 is 22.6 Å². The van der Waals surface area contributed by atoms with Gasteiger partial charge >= 0.3 is 5.97 Å². The van der Waals surface area contributed by atoms with Gasteiger partial charge in [0.1, 0.15) is 0 Å². The van der Waals surface area contributed by atoms with Gasteiger partial charge in [-0.2, -0.15) is 0 Å². The summed E-state index contributed by atoms with van der Waals surface area (Å²) in [6.45, 7) is 3.21. The largest absolute Gasteiger partial charge is 0.452 e. The Morgan fingerprint density at radius 1 is 1.17 bits per heavy atom. The molecule has 7 nitrogen and oxygen atoms in total. The summed E-state index contributed by atoms with van der Waals surface area (Å²) < 4.78 is 31.0. The molecule has 154 valence electrons. The lowest BCUT2D eigenvalue weighted by atomic mass is 10.1. The fourth-order valence-electron chi connectivity index (χ4n) is 3.41.